The minimum absolute atomic E-state index is 0.0535. The zero-order valence-corrected chi connectivity index (χ0v) is 24.9. The summed E-state index contributed by atoms with van der Waals surface area (Å²) in [4.78, 5) is 59.0. The van der Waals surface area contributed by atoms with Crippen LogP contribution in [-0.2, 0) is 25.6 Å². The van der Waals surface area contributed by atoms with E-state index in [9.17, 15) is 24.3 Å². The van der Waals surface area contributed by atoms with Crippen LogP contribution in [0.1, 0.15) is 58.9 Å². The molecule has 0 aliphatic heterocycles. The number of aliphatic imine (C=N–C) groups is 1. The van der Waals surface area contributed by atoms with Gasteiger partial charge in [-0.15, -0.1) is 0 Å². The van der Waals surface area contributed by atoms with E-state index in [-0.39, 0.29) is 30.6 Å². The smallest absolute Gasteiger partial charge is 0.326 e. The molecular formula is C29H46N8O5. The summed E-state index contributed by atoms with van der Waals surface area (Å²) >= 11 is 0. The number of fused-ring (bicyclic) bond motifs is 1. The number of aliphatic carboxylic acids is 1. The van der Waals surface area contributed by atoms with E-state index in [1.54, 1.807) is 20.0 Å². The summed E-state index contributed by atoms with van der Waals surface area (Å²) in [5, 5.41) is 18.7. The number of para-hydroxylation sites is 1. The van der Waals surface area contributed by atoms with Gasteiger partial charge in [-0.25, -0.2) is 4.79 Å². The van der Waals surface area contributed by atoms with Crippen molar-refractivity contribution in [3.05, 3.63) is 36.0 Å². The number of guanidine groups is 1. The number of benzene rings is 1. The van der Waals surface area contributed by atoms with Crippen molar-refractivity contribution in [2.75, 3.05) is 6.54 Å². The van der Waals surface area contributed by atoms with Crippen LogP contribution in [-0.4, -0.2) is 70.5 Å². The number of H-pyrrole nitrogens is 1. The topological polar surface area (TPSA) is 231 Å². The standard InChI is InChI=1S/C29H46N8O5/c1-5-16(3)23(27(40)37-24(28(41)42)17(4)6-2)36-26(39)22(14-18-15-34-21-12-8-7-10-19(18)21)35-25(38)20(30)11-9-13-33-29(31)32/h7-8,10,12,15-17,20,22-24,34H,5-6,9,11,13-14,30H2,1-4H3,(H,35,38)(H,36,39)(H,37,40)(H,41,42)(H4,31,32,33). The van der Waals surface area contributed by atoms with Gasteiger partial charge in [0.25, 0.3) is 0 Å². The molecule has 11 N–H and O–H groups in total. The molecule has 0 aliphatic carbocycles. The average Bonchev–Trinajstić information content (AvgIpc) is 3.37. The second-order valence-electron chi connectivity index (χ2n) is 10.8. The highest BCUT2D eigenvalue weighted by Gasteiger charge is 2.34. The molecule has 232 valence electrons. The van der Waals surface area contributed by atoms with Crippen molar-refractivity contribution in [1.82, 2.24) is 20.9 Å². The van der Waals surface area contributed by atoms with E-state index in [0.29, 0.717) is 25.8 Å². The largest absolute Gasteiger partial charge is 0.480 e. The predicted octanol–water partition coefficient (Wildman–Crippen LogP) is 0.723. The Morgan fingerprint density at radius 3 is 2.17 bits per heavy atom. The molecule has 0 bridgehead atoms. The maximum Gasteiger partial charge on any atom is 0.326 e. The summed E-state index contributed by atoms with van der Waals surface area (Å²) in [6, 6.07) is 3.45. The normalized spacial score (nSPS) is 15.5. The maximum absolute atomic E-state index is 13.7. The molecule has 1 aromatic carbocycles. The quantitative estimate of drug-likeness (QED) is 0.0746. The molecule has 42 heavy (non-hydrogen) atoms. The summed E-state index contributed by atoms with van der Waals surface area (Å²) in [5.74, 6) is -3.56. The molecule has 0 radical (unpaired) electrons. The molecule has 1 aromatic heterocycles. The van der Waals surface area contributed by atoms with Gasteiger partial charge < -0.3 is 43.2 Å². The number of carbonyl (C=O) groups is 4. The number of carbonyl (C=O) groups excluding carboxylic acids is 3. The Balaban J connectivity index is 2.29. The Labute approximate surface area is 246 Å². The van der Waals surface area contributed by atoms with Crippen molar-refractivity contribution in [2.24, 2.45) is 34.0 Å². The third-order valence-electron chi connectivity index (χ3n) is 7.61. The Morgan fingerprint density at radius 1 is 0.929 bits per heavy atom. The molecule has 1 heterocycles. The average molecular weight is 587 g/mol. The summed E-state index contributed by atoms with van der Waals surface area (Å²) in [6.45, 7) is 7.55. The van der Waals surface area contributed by atoms with E-state index in [1.165, 1.54) is 0 Å². The fourth-order valence-electron chi connectivity index (χ4n) is 4.54. The van der Waals surface area contributed by atoms with Crippen molar-refractivity contribution in [3.8, 4) is 0 Å². The molecule has 2 rings (SSSR count). The highest BCUT2D eigenvalue weighted by Crippen LogP contribution is 2.20. The third-order valence-corrected chi connectivity index (χ3v) is 7.61. The molecule has 3 amide bonds. The van der Waals surface area contributed by atoms with E-state index >= 15 is 0 Å². The first-order valence-corrected chi connectivity index (χ1v) is 14.4. The Kier molecular flexibility index (Phi) is 13.3. The number of carboxylic acid groups (broad SMARTS) is 1. The molecule has 13 heteroatoms. The lowest BCUT2D eigenvalue weighted by Gasteiger charge is -2.29. The molecule has 0 fully saturated rings. The van der Waals surface area contributed by atoms with Crippen LogP contribution in [0, 0.1) is 11.8 Å². The van der Waals surface area contributed by atoms with E-state index in [0.717, 1.165) is 16.5 Å². The molecule has 13 nitrogen and oxygen atoms in total. The first kappa shape index (κ1) is 34.1. The van der Waals surface area contributed by atoms with Gasteiger partial charge in [0.05, 0.1) is 6.04 Å². The lowest BCUT2D eigenvalue weighted by atomic mass is 9.94. The van der Waals surface area contributed by atoms with Crippen LogP contribution < -0.4 is 33.2 Å². The highest BCUT2D eigenvalue weighted by molar-refractivity contribution is 5.95. The minimum atomic E-state index is -1.15. The van der Waals surface area contributed by atoms with Crippen LogP contribution in [0.4, 0.5) is 0 Å². The number of nitrogens with one attached hydrogen (secondary N) is 4. The first-order valence-electron chi connectivity index (χ1n) is 14.4. The van der Waals surface area contributed by atoms with Gasteiger partial charge in [-0.05, 0) is 36.3 Å². The maximum atomic E-state index is 13.7. The SMILES string of the molecule is CCC(C)C(NC(=O)C(NC(=O)C(Cc1c[nH]c2ccccc12)NC(=O)C(N)CCCN=C(N)N)C(C)CC)C(=O)O. The Morgan fingerprint density at radius 2 is 1.55 bits per heavy atom. The van der Waals surface area contributed by atoms with Crippen molar-refractivity contribution in [2.45, 2.75) is 84.0 Å². The van der Waals surface area contributed by atoms with E-state index < -0.39 is 47.9 Å². The molecule has 0 saturated carbocycles. The number of nitrogens with zero attached hydrogens (tertiary/aromatic N) is 1. The van der Waals surface area contributed by atoms with Gasteiger partial charge in [-0.3, -0.25) is 19.4 Å². The number of amides is 3. The van der Waals surface area contributed by atoms with E-state index in [2.05, 4.69) is 25.9 Å². The molecule has 6 atom stereocenters. The number of carboxylic acids is 1. The molecular weight excluding hydrogens is 540 g/mol. The van der Waals surface area contributed by atoms with E-state index in [1.807, 2.05) is 38.1 Å². The first-order chi connectivity index (χ1) is 19.9. The van der Waals surface area contributed by atoms with Gasteiger partial charge in [0.1, 0.15) is 18.1 Å². The molecule has 0 aliphatic rings. The van der Waals surface area contributed by atoms with Crippen LogP contribution >= 0.6 is 0 Å². The second-order valence-corrected chi connectivity index (χ2v) is 10.8. The monoisotopic (exact) mass is 586 g/mol. The minimum Gasteiger partial charge on any atom is -0.480 e. The van der Waals surface area contributed by atoms with Crippen LogP contribution in [0.3, 0.4) is 0 Å². The van der Waals surface area contributed by atoms with Gasteiger partial charge in [0, 0.05) is 30.1 Å². The molecule has 0 saturated heterocycles. The zero-order valence-electron chi connectivity index (χ0n) is 24.9. The summed E-state index contributed by atoms with van der Waals surface area (Å²) in [5.41, 5.74) is 18.5. The predicted molar refractivity (Wildman–Crippen MR) is 162 cm³/mol. The highest BCUT2D eigenvalue weighted by atomic mass is 16.4. The summed E-state index contributed by atoms with van der Waals surface area (Å²) in [7, 11) is 0. The van der Waals surface area contributed by atoms with Crippen molar-refractivity contribution in [3.63, 3.8) is 0 Å². The molecule has 0 spiro atoms. The van der Waals surface area contributed by atoms with Gasteiger partial charge in [0.2, 0.25) is 17.7 Å². The van der Waals surface area contributed by atoms with Crippen LogP contribution in [0.2, 0.25) is 0 Å². The lowest BCUT2D eigenvalue weighted by Crippen LogP contribution is -2.59. The number of nitrogens with two attached hydrogens (primary N) is 3. The van der Waals surface area contributed by atoms with Crippen LogP contribution in [0.5, 0.6) is 0 Å². The number of hydrogen-bond acceptors (Lipinski definition) is 6. The summed E-state index contributed by atoms with van der Waals surface area (Å²) < 4.78 is 0. The number of rotatable bonds is 17. The van der Waals surface area contributed by atoms with Gasteiger partial charge in [0.15, 0.2) is 5.96 Å². The van der Waals surface area contributed by atoms with Gasteiger partial charge >= 0.3 is 5.97 Å². The lowest BCUT2D eigenvalue weighted by molar-refractivity contribution is -0.144. The van der Waals surface area contributed by atoms with Gasteiger partial charge in [-0.1, -0.05) is 58.7 Å². The van der Waals surface area contributed by atoms with Crippen LogP contribution in [0.15, 0.2) is 35.5 Å². The number of aromatic amines is 1. The van der Waals surface area contributed by atoms with Crippen LogP contribution in [0.25, 0.3) is 10.9 Å². The Hall–Kier alpha value is -4.13. The van der Waals surface area contributed by atoms with E-state index in [4.69, 9.17) is 17.2 Å². The van der Waals surface area contributed by atoms with Crippen molar-refractivity contribution >= 4 is 40.6 Å². The number of aromatic nitrogens is 1. The Bertz CT molecular complexity index is 1240. The van der Waals surface area contributed by atoms with Gasteiger partial charge in [-0.2, -0.15) is 0 Å². The van der Waals surface area contributed by atoms with Crippen molar-refractivity contribution < 1.29 is 24.3 Å². The molecule has 6 unspecified atom stereocenters. The number of hydrogen-bond donors (Lipinski definition) is 8. The zero-order chi connectivity index (χ0) is 31.4. The fourth-order valence-corrected chi connectivity index (χ4v) is 4.54. The third kappa shape index (κ3) is 9.75. The fraction of sp³-hybridized carbons (Fsp3) is 0.552. The van der Waals surface area contributed by atoms with Crippen molar-refractivity contribution in [1.29, 1.82) is 0 Å². The summed E-state index contributed by atoms with van der Waals surface area (Å²) in [6.07, 6.45) is 3.73. The molecule has 2 aromatic rings. The second kappa shape index (κ2) is 16.3.